The third-order valence-electron chi connectivity index (χ3n) is 2.99. The number of hydrogen-bond acceptors (Lipinski definition) is 3. The van der Waals surface area contributed by atoms with E-state index in [1.165, 1.54) is 0 Å². The van der Waals surface area contributed by atoms with Crippen molar-refractivity contribution in [1.82, 2.24) is 4.98 Å². The summed E-state index contributed by atoms with van der Waals surface area (Å²) in [5, 5.41) is 8.73. The normalized spacial score (nSPS) is 9.86. The van der Waals surface area contributed by atoms with Gasteiger partial charge < -0.3 is 9.84 Å². The molecular formula is C18H19NO2. The Labute approximate surface area is 125 Å². The average molecular weight is 281 g/mol. The second kappa shape index (κ2) is 7.47. The van der Waals surface area contributed by atoms with E-state index in [0.717, 1.165) is 28.3 Å². The summed E-state index contributed by atoms with van der Waals surface area (Å²) < 4.78 is 5.76. The highest BCUT2D eigenvalue weighted by atomic mass is 16.5. The number of benzene rings is 1. The molecule has 0 atom stereocenters. The zero-order valence-corrected chi connectivity index (χ0v) is 12.4. The predicted molar refractivity (Wildman–Crippen MR) is 83.1 cm³/mol. The molecule has 21 heavy (non-hydrogen) atoms. The van der Waals surface area contributed by atoms with Crippen molar-refractivity contribution in [2.45, 2.75) is 26.9 Å². The van der Waals surface area contributed by atoms with Crippen LogP contribution >= 0.6 is 0 Å². The number of aliphatic hydroxyl groups is 1. The monoisotopic (exact) mass is 281 g/mol. The van der Waals surface area contributed by atoms with Crippen LogP contribution in [0.4, 0.5) is 0 Å². The van der Waals surface area contributed by atoms with Crippen molar-refractivity contribution in [3.8, 4) is 17.6 Å². The van der Waals surface area contributed by atoms with Crippen molar-refractivity contribution < 1.29 is 9.84 Å². The van der Waals surface area contributed by atoms with Crippen LogP contribution < -0.4 is 4.74 Å². The third kappa shape index (κ3) is 4.62. The molecular weight excluding hydrogens is 262 g/mol. The zero-order chi connectivity index (χ0) is 15.1. The second-order valence-corrected chi connectivity index (χ2v) is 4.81. The fourth-order valence-corrected chi connectivity index (χ4v) is 1.92. The quantitative estimate of drug-likeness (QED) is 0.876. The Morgan fingerprint density at radius 2 is 2.05 bits per heavy atom. The van der Waals surface area contributed by atoms with Gasteiger partial charge in [0.15, 0.2) is 0 Å². The zero-order valence-electron chi connectivity index (χ0n) is 12.4. The number of aromatic nitrogens is 1. The third-order valence-corrected chi connectivity index (χ3v) is 2.99. The van der Waals surface area contributed by atoms with Crippen LogP contribution in [0.1, 0.15) is 28.9 Å². The average Bonchev–Trinajstić information content (AvgIpc) is 2.47. The van der Waals surface area contributed by atoms with Gasteiger partial charge in [-0.05, 0) is 49.7 Å². The maximum atomic E-state index is 8.73. The molecule has 1 heterocycles. The maximum Gasteiger partial charge on any atom is 0.130 e. The largest absolute Gasteiger partial charge is 0.487 e. The van der Waals surface area contributed by atoms with E-state index < -0.39 is 0 Å². The lowest BCUT2D eigenvalue weighted by molar-refractivity contribution is 0.301. The Morgan fingerprint density at radius 1 is 1.19 bits per heavy atom. The minimum absolute atomic E-state index is 0.0940. The molecule has 1 aromatic heterocycles. The van der Waals surface area contributed by atoms with Gasteiger partial charge in [-0.3, -0.25) is 4.98 Å². The fourth-order valence-electron chi connectivity index (χ4n) is 1.92. The SMILES string of the molecule is Cc1cccc(COc2ccc(C#CCCO)c(C)c2)n1. The smallest absolute Gasteiger partial charge is 0.130 e. The molecule has 0 aliphatic rings. The van der Waals surface area contributed by atoms with Gasteiger partial charge in [0.1, 0.15) is 12.4 Å². The van der Waals surface area contributed by atoms with Gasteiger partial charge in [0.2, 0.25) is 0 Å². The van der Waals surface area contributed by atoms with Crippen LogP contribution in [0.25, 0.3) is 0 Å². The summed E-state index contributed by atoms with van der Waals surface area (Å²) in [5.74, 6) is 6.78. The topological polar surface area (TPSA) is 42.4 Å². The van der Waals surface area contributed by atoms with Crippen molar-refractivity contribution in [3.05, 3.63) is 58.9 Å². The number of hydrogen-bond donors (Lipinski definition) is 1. The summed E-state index contributed by atoms with van der Waals surface area (Å²) in [6, 6.07) is 11.7. The first kappa shape index (κ1) is 15.1. The summed E-state index contributed by atoms with van der Waals surface area (Å²) in [5.41, 5.74) is 3.93. The second-order valence-electron chi connectivity index (χ2n) is 4.81. The molecule has 2 aromatic rings. The molecule has 0 aliphatic heterocycles. The highest BCUT2D eigenvalue weighted by Gasteiger charge is 2.01. The summed E-state index contributed by atoms with van der Waals surface area (Å²) in [7, 11) is 0. The summed E-state index contributed by atoms with van der Waals surface area (Å²) in [4.78, 5) is 4.41. The van der Waals surface area contributed by atoms with Crippen LogP contribution in [0.2, 0.25) is 0 Å². The van der Waals surface area contributed by atoms with Gasteiger partial charge in [0, 0.05) is 17.7 Å². The molecule has 1 aromatic carbocycles. The molecule has 3 heteroatoms. The molecule has 0 aliphatic carbocycles. The van der Waals surface area contributed by atoms with E-state index in [4.69, 9.17) is 9.84 Å². The number of ether oxygens (including phenoxy) is 1. The molecule has 0 fully saturated rings. The molecule has 0 unspecified atom stereocenters. The maximum absolute atomic E-state index is 8.73. The number of aryl methyl sites for hydroxylation is 2. The Hall–Kier alpha value is -2.31. The minimum Gasteiger partial charge on any atom is -0.487 e. The van der Waals surface area contributed by atoms with Gasteiger partial charge >= 0.3 is 0 Å². The molecule has 108 valence electrons. The van der Waals surface area contributed by atoms with Crippen LogP contribution in [0.15, 0.2) is 36.4 Å². The van der Waals surface area contributed by atoms with Gasteiger partial charge in [-0.25, -0.2) is 0 Å². The van der Waals surface area contributed by atoms with Crippen molar-refractivity contribution in [3.63, 3.8) is 0 Å². The molecule has 0 amide bonds. The van der Waals surface area contributed by atoms with E-state index in [1.807, 2.05) is 50.2 Å². The number of pyridine rings is 1. The molecule has 0 spiro atoms. The van der Waals surface area contributed by atoms with Gasteiger partial charge in [0.05, 0.1) is 12.3 Å². The highest BCUT2D eigenvalue weighted by Crippen LogP contribution is 2.17. The molecule has 1 N–H and O–H groups in total. The Morgan fingerprint density at radius 3 is 2.76 bits per heavy atom. The van der Waals surface area contributed by atoms with Crippen molar-refractivity contribution >= 4 is 0 Å². The fraction of sp³-hybridized carbons (Fsp3) is 0.278. The van der Waals surface area contributed by atoms with Gasteiger partial charge in [0.25, 0.3) is 0 Å². The van der Waals surface area contributed by atoms with Crippen molar-refractivity contribution in [2.24, 2.45) is 0 Å². The van der Waals surface area contributed by atoms with Gasteiger partial charge in [-0.15, -0.1) is 0 Å². The van der Waals surface area contributed by atoms with Crippen LogP contribution in [-0.2, 0) is 6.61 Å². The van der Waals surface area contributed by atoms with Crippen LogP contribution in [0, 0.1) is 25.7 Å². The van der Waals surface area contributed by atoms with Gasteiger partial charge in [-0.2, -0.15) is 0 Å². The van der Waals surface area contributed by atoms with Crippen LogP contribution in [0.5, 0.6) is 5.75 Å². The molecule has 3 nitrogen and oxygen atoms in total. The van der Waals surface area contributed by atoms with E-state index in [0.29, 0.717) is 13.0 Å². The lowest BCUT2D eigenvalue weighted by atomic mass is 10.1. The predicted octanol–water partition coefficient (Wildman–Crippen LogP) is 3.01. The van der Waals surface area contributed by atoms with E-state index in [1.54, 1.807) is 0 Å². The van der Waals surface area contributed by atoms with Crippen LogP contribution in [0.3, 0.4) is 0 Å². The van der Waals surface area contributed by atoms with E-state index in [2.05, 4.69) is 16.8 Å². The van der Waals surface area contributed by atoms with Crippen molar-refractivity contribution in [2.75, 3.05) is 6.61 Å². The molecule has 0 bridgehead atoms. The standard InChI is InChI=1S/C18H19NO2/c1-14-12-18(10-9-16(14)7-3-4-11-20)21-13-17-8-5-6-15(2)19-17/h5-6,8-10,12,20H,4,11,13H2,1-2H3. The number of aliphatic hydroxyl groups excluding tert-OH is 1. The number of nitrogens with zero attached hydrogens (tertiary/aromatic N) is 1. The van der Waals surface area contributed by atoms with E-state index in [9.17, 15) is 0 Å². The van der Waals surface area contributed by atoms with E-state index in [-0.39, 0.29) is 6.61 Å². The van der Waals surface area contributed by atoms with Crippen LogP contribution in [-0.4, -0.2) is 16.7 Å². The molecule has 0 saturated carbocycles. The molecule has 0 radical (unpaired) electrons. The molecule has 2 rings (SSSR count). The lowest BCUT2D eigenvalue weighted by Gasteiger charge is -2.08. The van der Waals surface area contributed by atoms with Gasteiger partial charge in [-0.1, -0.05) is 17.9 Å². The summed E-state index contributed by atoms with van der Waals surface area (Å²) >= 11 is 0. The minimum atomic E-state index is 0.0940. The number of rotatable bonds is 4. The Balaban J connectivity index is 2.02. The summed E-state index contributed by atoms with van der Waals surface area (Å²) in [6.45, 7) is 4.52. The first-order chi connectivity index (χ1) is 10.2. The first-order valence-electron chi connectivity index (χ1n) is 6.95. The lowest BCUT2D eigenvalue weighted by Crippen LogP contribution is -1.99. The van der Waals surface area contributed by atoms with E-state index >= 15 is 0 Å². The summed E-state index contributed by atoms with van der Waals surface area (Å²) in [6.07, 6.45) is 0.497. The first-order valence-corrected chi connectivity index (χ1v) is 6.95. The molecule has 0 saturated heterocycles. The highest BCUT2D eigenvalue weighted by molar-refractivity contribution is 5.44. The Bertz CT molecular complexity index is 668. The Kier molecular flexibility index (Phi) is 5.36. The van der Waals surface area contributed by atoms with Crippen molar-refractivity contribution in [1.29, 1.82) is 0 Å².